The number of carbonyl (C=O) groups is 2. The van der Waals surface area contributed by atoms with E-state index in [0.717, 1.165) is 38.2 Å². The number of hydrogen-bond donors (Lipinski definition) is 1. The summed E-state index contributed by atoms with van der Waals surface area (Å²) < 4.78 is 15.3. The highest BCUT2D eigenvalue weighted by atomic mass is 19.1. The molecule has 7 nitrogen and oxygen atoms in total. The standard InChI is InChI=1S/C26H32FN3O4/c1-18-14-21(31)16-25(33)30(18)17-26(34)29-11-5-4-8-23(29)19-9-12-28(13-10-19)24(32)15-20-6-2-3-7-22(20)27/h2-3,6-7,14,16,19,23,31H,4-5,8-13,15,17H2,1H3. The van der Waals surface area contributed by atoms with Gasteiger partial charge < -0.3 is 19.5 Å². The van der Waals surface area contributed by atoms with Crippen molar-refractivity contribution in [1.82, 2.24) is 14.4 Å². The molecule has 2 amide bonds. The lowest BCUT2D eigenvalue weighted by atomic mass is 9.83. The lowest BCUT2D eigenvalue weighted by Gasteiger charge is -2.44. The predicted octanol–water partition coefficient (Wildman–Crippen LogP) is 2.86. The van der Waals surface area contributed by atoms with E-state index >= 15 is 0 Å². The van der Waals surface area contributed by atoms with Crippen LogP contribution >= 0.6 is 0 Å². The van der Waals surface area contributed by atoms with E-state index in [2.05, 4.69) is 0 Å². The first-order valence-corrected chi connectivity index (χ1v) is 12.0. The molecular formula is C26H32FN3O4. The van der Waals surface area contributed by atoms with Gasteiger partial charge in [0.25, 0.3) is 5.56 Å². The van der Waals surface area contributed by atoms with Crippen LogP contribution in [0, 0.1) is 18.7 Å². The van der Waals surface area contributed by atoms with Gasteiger partial charge in [0.15, 0.2) is 0 Å². The van der Waals surface area contributed by atoms with Crippen molar-refractivity contribution in [3.05, 3.63) is 63.8 Å². The molecule has 2 fully saturated rings. The average molecular weight is 470 g/mol. The van der Waals surface area contributed by atoms with Gasteiger partial charge in [0.2, 0.25) is 11.8 Å². The van der Waals surface area contributed by atoms with E-state index in [9.17, 15) is 23.9 Å². The third-order valence-corrected chi connectivity index (χ3v) is 7.22. The molecule has 0 spiro atoms. The minimum absolute atomic E-state index is 0.0403. The summed E-state index contributed by atoms with van der Waals surface area (Å²) in [7, 11) is 0. The fraction of sp³-hybridized carbons (Fsp3) is 0.500. The monoisotopic (exact) mass is 469 g/mol. The van der Waals surface area contributed by atoms with Crippen LogP contribution in [-0.4, -0.2) is 57.0 Å². The van der Waals surface area contributed by atoms with E-state index in [4.69, 9.17) is 0 Å². The van der Waals surface area contributed by atoms with Gasteiger partial charge in [-0.2, -0.15) is 0 Å². The number of carbonyl (C=O) groups excluding carboxylic acids is 2. The number of aryl methyl sites for hydroxylation is 1. The van der Waals surface area contributed by atoms with Crippen LogP contribution in [0.15, 0.2) is 41.2 Å². The maximum absolute atomic E-state index is 13.9. The summed E-state index contributed by atoms with van der Waals surface area (Å²) in [6.45, 7) is 3.54. The SMILES string of the molecule is Cc1cc(O)cc(=O)n1CC(=O)N1CCCCC1C1CCN(C(=O)Cc2ccccc2F)CC1. The van der Waals surface area contributed by atoms with E-state index in [0.29, 0.717) is 36.8 Å². The second-order valence-electron chi connectivity index (χ2n) is 9.42. The second-order valence-corrected chi connectivity index (χ2v) is 9.42. The number of amides is 2. The van der Waals surface area contributed by atoms with E-state index in [1.165, 1.54) is 16.7 Å². The number of likely N-dealkylation sites (tertiary alicyclic amines) is 2. The molecule has 3 heterocycles. The fourth-order valence-corrected chi connectivity index (χ4v) is 5.35. The largest absolute Gasteiger partial charge is 0.508 e. The summed E-state index contributed by atoms with van der Waals surface area (Å²) >= 11 is 0. The van der Waals surface area contributed by atoms with Gasteiger partial charge in [-0.3, -0.25) is 14.4 Å². The van der Waals surface area contributed by atoms with Gasteiger partial charge in [-0.15, -0.1) is 0 Å². The van der Waals surface area contributed by atoms with Gasteiger partial charge in [0, 0.05) is 37.4 Å². The average Bonchev–Trinajstić information content (AvgIpc) is 2.83. The number of pyridine rings is 1. The lowest BCUT2D eigenvalue weighted by Crippen LogP contribution is -2.52. The van der Waals surface area contributed by atoms with Crippen LogP contribution in [0.2, 0.25) is 0 Å². The Bertz CT molecular complexity index is 1110. The van der Waals surface area contributed by atoms with Crippen LogP contribution in [0.25, 0.3) is 0 Å². The smallest absolute Gasteiger partial charge is 0.254 e. The summed E-state index contributed by atoms with van der Waals surface area (Å²) in [4.78, 5) is 41.9. The van der Waals surface area contributed by atoms with Gasteiger partial charge in [0.05, 0.1) is 6.42 Å². The molecule has 0 radical (unpaired) electrons. The van der Waals surface area contributed by atoms with Crippen molar-refractivity contribution in [2.45, 2.75) is 58.0 Å². The van der Waals surface area contributed by atoms with Crippen LogP contribution in [0.3, 0.4) is 0 Å². The molecular weight excluding hydrogens is 437 g/mol. The second kappa shape index (κ2) is 10.4. The Kier molecular flexibility index (Phi) is 7.34. The Hall–Kier alpha value is -3.16. The van der Waals surface area contributed by atoms with E-state index in [1.807, 2.05) is 4.90 Å². The number of aromatic hydroxyl groups is 1. The van der Waals surface area contributed by atoms with Crippen LogP contribution in [-0.2, 0) is 22.6 Å². The topological polar surface area (TPSA) is 82.8 Å². The van der Waals surface area contributed by atoms with Crippen LogP contribution < -0.4 is 5.56 Å². The van der Waals surface area contributed by atoms with Crippen LogP contribution in [0.1, 0.15) is 43.4 Å². The zero-order valence-electron chi connectivity index (χ0n) is 19.6. The fourth-order valence-electron chi connectivity index (χ4n) is 5.35. The summed E-state index contributed by atoms with van der Waals surface area (Å²) in [5.74, 6) is -0.316. The Balaban J connectivity index is 1.38. The van der Waals surface area contributed by atoms with Gasteiger partial charge in [0.1, 0.15) is 18.1 Å². The maximum atomic E-state index is 13.9. The Labute approximate surface area is 198 Å². The Morgan fingerprint density at radius 2 is 1.76 bits per heavy atom. The van der Waals surface area contributed by atoms with Crippen molar-refractivity contribution in [1.29, 1.82) is 0 Å². The minimum atomic E-state index is -0.388. The van der Waals surface area contributed by atoms with Crippen molar-refractivity contribution < 1.29 is 19.1 Å². The van der Waals surface area contributed by atoms with Crippen molar-refractivity contribution in [3.63, 3.8) is 0 Å². The molecule has 8 heteroatoms. The highest BCUT2D eigenvalue weighted by Gasteiger charge is 2.35. The quantitative estimate of drug-likeness (QED) is 0.730. The first-order chi connectivity index (χ1) is 16.3. The summed E-state index contributed by atoms with van der Waals surface area (Å²) in [5, 5.41) is 9.61. The zero-order valence-corrected chi connectivity index (χ0v) is 19.6. The maximum Gasteiger partial charge on any atom is 0.254 e. The molecule has 1 aromatic heterocycles. The molecule has 1 aromatic carbocycles. The van der Waals surface area contributed by atoms with E-state index < -0.39 is 0 Å². The Morgan fingerprint density at radius 3 is 2.47 bits per heavy atom. The first-order valence-electron chi connectivity index (χ1n) is 12.0. The number of halogens is 1. The summed E-state index contributed by atoms with van der Waals surface area (Å²) in [6, 6.07) is 9.08. The van der Waals surface area contributed by atoms with E-state index in [-0.39, 0.29) is 47.9 Å². The number of hydrogen-bond acceptors (Lipinski definition) is 4. The summed E-state index contributed by atoms with van der Waals surface area (Å²) in [5.41, 5.74) is 0.577. The lowest BCUT2D eigenvalue weighted by molar-refractivity contribution is -0.139. The molecule has 2 aliphatic rings. The van der Waals surface area contributed by atoms with Gasteiger partial charge in [-0.1, -0.05) is 18.2 Å². The zero-order chi connectivity index (χ0) is 24.2. The third kappa shape index (κ3) is 5.32. The van der Waals surface area contributed by atoms with Gasteiger partial charge in [-0.05, 0) is 62.6 Å². The van der Waals surface area contributed by atoms with Crippen molar-refractivity contribution in [2.24, 2.45) is 5.92 Å². The highest BCUT2D eigenvalue weighted by molar-refractivity contribution is 5.79. The molecule has 2 aliphatic heterocycles. The molecule has 0 aliphatic carbocycles. The van der Waals surface area contributed by atoms with Crippen LogP contribution in [0.5, 0.6) is 5.75 Å². The number of rotatable bonds is 5. The molecule has 4 rings (SSSR count). The van der Waals surface area contributed by atoms with Gasteiger partial charge >= 0.3 is 0 Å². The third-order valence-electron chi connectivity index (χ3n) is 7.22. The van der Waals surface area contributed by atoms with Crippen molar-refractivity contribution in [3.8, 4) is 5.75 Å². The number of piperidine rings is 2. The molecule has 2 saturated heterocycles. The Morgan fingerprint density at radius 1 is 1.03 bits per heavy atom. The minimum Gasteiger partial charge on any atom is -0.508 e. The number of nitrogens with zero attached hydrogens (tertiary/aromatic N) is 3. The molecule has 1 unspecified atom stereocenters. The number of aromatic nitrogens is 1. The highest BCUT2D eigenvalue weighted by Crippen LogP contribution is 2.31. The van der Waals surface area contributed by atoms with Crippen LogP contribution in [0.4, 0.5) is 4.39 Å². The normalized spacial score (nSPS) is 19.3. The first kappa shape index (κ1) is 24.0. The molecule has 0 saturated carbocycles. The van der Waals surface area contributed by atoms with Gasteiger partial charge in [-0.25, -0.2) is 4.39 Å². The molecule has 2 aromatic rings. The van der Waals surface area contributed by atoms with Crippen molar-refractivity contribution >= 4 is 11.8 Å². The van der Waals surface area contributed by atoms with E-state index in [1.54, 1.807) is 30.0 Å². The molecule has 1 N–H and O–H groups in total. The molecule has 0 bridgehead atoms. The summed E-state index contributed by atoms with van der Waals surface area (Å²) in [6.07, 6.45) is 4.57. The molecule has 1 atom stereocenters. The molecule has 34 heavy (non-hydrogen) atoms. The number of benzene rings is 1. The van der Waals surface area contributed by atoms with Crippen molar-refractivity contribution in [2.75, 3.05) is 19.6 Å². The predicted molar refractivity (Wildman–Crippen MR) is 126 cm³/mol. The molecule has 182 valence electrons.